The third kappa shape index (κ3) is 2.19. The normalized spacial score (nSPS) is 17.9. The van der Waals surface area contributed by atoms with Gasteiger partial charge in [0.15, 0.2) is 5.82 Å². The lowest BCUT2D eigenvalue weighted by Gasteiger charge is -2.38. The Morgan fingerprint density at radius 3 is 2.43 bits per heavy atom. The third-order valence-electron chi connectivity index (χ3n) is 3.85. The molecule has 0 atom stereocenters. The predicted octanol–water partition coefficient (Wildman–Crippen LogP) is 2.87. The van der Waals surface area contributed by atoms with E-state index in [2.05, 4.69) is 5.32 Å². The lowest BCUT2D eigenvalue weighted by Crippen LogP contribution is -2.64. The molecule has 7 heteroatoms. The average Bonchev–Trinajstić information content (AvgIpc) is 2.44. The fourth-order valence-electron chi connectivity index (χ4n) is 2.43. The molecule has 4 amide bonds. The van der Waals surface area contributed by atoms with Crippen LogP contribution >= 0.6 is 11.6 Å². The van der Waals surface area contributed by atoms with Crippen molar-refractivity contribution in [1.29, 1.82) is 0 Å². The minimum atomic E-state index is -1.37. The fourth-order valence-corrected chi connectivity index (χ4v) is 2.60. The lowest BCUT2D eigenvalue weighted by molar-refractivity contribution is -0.143. The molecule has 0 radical (unpaired) electrons. The van der Waals surface area contributed by atoms with E-state index >= 15 is 0 Å². The van der Waals surface area contributed by atoms with E-state index in [4.69, 9.17) is 11.6 Å². The number of hydrogen-bond acceptors (Lipinski definition) is 3. The van der Waals surface area contributed by atoms with Crippen molar-refractivity contribution in [3.8, 4) is 0 Å². The summed E-state index contributed by atoms with van der Waals surface area (Å²) in [6.07, 6.45) is 0.417. The summed E-state index contributed by atoms with van der Waals surface area (Å²) < 4.78 is 14.1. The zero-order chi connectivity index (χ0) is 15.8. The third-order valence-corrected chi connectivity index (χ3v) is 4.14. The van der Waals surface area contributed by atoms with Crippen molar-refractivity contribution in [3.63, 3.8) is 0 Å². The van der Waals surface area contributed by atoms with Crippen LogP contribution in [-0.2, 0) is 9.59 Å². The maximum absolute atomic E-state index is 14.1. The van der Waals surface area contributed by atoms with Gasteiger partial charge in [0.2, 0.25) is 5.91 Å². The Bertz CT molecular complexity index is 629. The number of urea groups is 1. The van der Waals surface area contributed by atoms with Crippen molar-refractivity contribution in [2.24, 2.45) is 5.41 Å². The maximum Gasteiger partial charge on any atom is 0.335 e. The molecule has 1 N–H and O–H groups in total. The van der Waals surface area contributed by atoms with Gasteiger partial charge in [0.25, 0.3) is 5.91 Å². The van der Waals surface area contributed by atoms with Gasteiger partial charge in [-0.1, -0.05) is 31.5 Å². The first-order valence-corrected chi connectivity index (χ1v) is 6.90. The van der Waals surface area contributed by atoms with Gasteiger partial charge >= 0.3 is 6.03 Å². The first kappa shape index (κ1) is 15.4. The van der Waals surface area contributed by atoms with Gasteiger partial charge in [0.1, 0.15) is 5.41 Å². The Labute approximate surface area is 126 Å². The van der Waals surface area contributed by atoms with Gasteiger partial charge in [-0.05, 0) is 25.0 Å². The van der Waals surface area contributed by atoms with Crippen LogP contribution in [0.5, 0.6) is 0 Å². The summed E-state index contributed by atoms with van der Waals surface area (Å²) in [5.74, 6) is -2.26. The van der Waals surface area contributed by atoms with E-state index in [-0.39, 0.29) is 23.6 Å². The first-order chi connectivity index (χ1) is 9.89. The van der Waals surface area contributed by atoms with Crippen LogP contribution in [0.4, 0.5) is 14.9 Å². The first-order valence-electron chi connectivity index (χ1n) is 6.53. The smallest absolute Gasteiger partial charge is 0.276 e. The van der Waals surface area contributed by atoms with Crippen LogP contribution in [0.2, 0.25) is 5.02 Å². The van der Waals surface area contributed by atoms with E-state index in [9.17, 15) is 18.8 Å². The van der Waals surface area contributed by atoms with Crippen molar-refractivity contribution >= 4 is 35.1 Å². The monoisotopic (exact) mass is 312 g/mol. The molecule has 0 bridgehead atoms. The van der Waals surface area contributed by atoms with E-state index in [1.165, 1.54) is 18.2 Å². The van der Waals surface area contributed by atoms with Crippen molar-refractivity contribution in [2.45, 2.75) is 26.7 Å². The topological polar surface area (TPSA) is 66.5 Å². The second kappa shape index (κ2) is 5.44. The molecule has 2 rings (SSSR count). The van der Waals surface area contributed by atoms with Gasteiger partial charge in [0.05, 0.1) is 10.7 Å². The quantitative estimate of drug-likeness (QED) is 0.873. The van der Waals surface area contributed by atoms with Crippen LogP contribution in [-0.4, -0.2) is 17.8 Å². The molecule has 0 unspecified atom stereocenters. The molecule has 1 saturated heterocycles. The van der Waals surface area contributed by atoms with Crippen molar-refractivity contribution in [3.05, 3.63) is 29.0 Å². The van der Waals surface area contributed by atoms with Gasteiger partial charge in [-0.3, -0.25) is 14.9 Å². The van der Waals surface area contributed by atoms with E-state index in [0.29, 0.717) is 4.90 Å². The molecule has 1 heterocycles. The summed E-state index contributed by atoms with van der Waals surface area (Å²) in [6, 6.07) is 3.04. The zero-order valence-corrected chi connectivity index (χ0v) is 12.3. The lowest BCUT2D eigenvalue weighted by atomic mass is 9.78. The van der Waals surface area contributed by atoms with Crippen LogP contribution in [0.3, 0.4) is 0 Å². The van der Waals surface area contributed by atoms with Gasteiger partial charge in [-0.25, -0.2) is 14.1 Å². The highest BCUT2D eigenvalue weighted by molar-refractivity contribution is 6.32. The number of imide groups is 2. The standard InChI is InChI=1S/C14H14ClFN2O3/c1-3-14(4-2)11(19)17-13(21)18(12(14)20)9-7-5-6-8(15)10(9)16/h5-7H,3-4H2,1-2H3,(H,17,19,21). The van der Waals surface area contributed by atoms with Gasteiger partial charge in [-0.2, -0.15) is 0 Å². The second-order valence-electron chi connectivity index (χ2n) is 4.76. The van der Waals surface area contributed by atoms with Crippen molar-refractivity contribution < 1.29 is 18.8 Å². The number of carbonyl (C=O) groups is 3. The number of anilines is 1. The number of rotatable bonds is 3. The Morgan fingerprint density at radius 2 is 1.86 bits per heavy atom. The molecule has 0 aliphatic carbocycles. The molecule has 1 fully saturated rings. The largest absolute Gasteiger partial charge is 0.335 e. The Hall–Kier alpha value is -1.95. The van der Waals surface area contributed by atoms with Crippen LogP contribution in [0.15, 0.2) is 18.2 Å². The summed E-state index contributed by atoms with van der Waals surface area (Å²) >= 11 is 5.68. The van der Waals surface area contributed by atoms with Gasteiger partial charge in [0, 0.05) is 0 Å². The summed E-state index contributed by atoms with van der Waals surface area (Å²) in [5.41, 5.74) is -1.63. The molecule has 1 aliphatic rings. The minimum Gasteiger partial charge on any atom is -0.276 e. The van der Waals surface area contributed by atoms with Crippen molar-refractivity contribution in [2.75, 3.05) is 4.90 Å². The highest BCUT2D eigenvalue weighted by atomic mass is 35.5. The fraction of sp³-hybridized carbons (Fsp3) is 0.357. The molecule has 21 heavy (non-hydrogen) atoms. The number of halogens is 2. The Balaban J connectivity index is 2.58. The molecule has 0 aromatic heterocycles. The molecule has 0 spiro atoms. The zero-order valence-electron chi connectivity index (χ0n) is 11.6. The average molecular weight is 313 g/mol. The summed E-state index contributed by atoms with van der Waals surface area (Å²) in [4.78, 5) is 37.3. The highest BCUT2D eigenvalue weighted by Crippen LogP contribution is 2.36. The van der Waals surface area contributed by atoms with Crippen molar-refractivity contribution in [1.82, 2.24) is 5.32 Å². The number of barbiturate groups is 1. The van der Waals surface area contributed by atoms with E-state index in [1.807, 2.05) is 0 Å². The van der Waals surface area contributed by atoms with E-state index < -0.39 is 29.1 Å². The molecule has 1 aliphatic heterocycles. The van der Waals surface area contributed by atoms with Crippen LogP contribution in [0.1, 0.15) is 26.7 Å². The van der Waals surface area contributed by atoms with Crippen LogP contribution < -0.4 is 10.2 Å². The molecular formula is C14H14ClFN2O3. The Morgan fingerprint density at radius 1 is 1.24 bits per heavy atom. The Kier molecular flexibility index (Phi) is 4.00. The van der Waals surface area contributed by atoms with E-state index in [0.717, 1.165) is 0 Å². The number of hydrogen-bond donors (Lipinski definition) is 1. The van der Waals surface area contributed by atoms with Crippen LogP contribution in [0.25, 0.3) is 0 Å². The molecule has 112 valence electrons. The van der Waals surface area contributed by atoms with E-state index in [1.54, 1.807) is 13.8 Å². The molecule has 1 aromatic rings. The predicted molar refractivity (Wildman–Crippen MR) is 75.4 cm³/mol. The molecule has 5 nitrogen and oxygen atoms in total. The summed E-state index contributed by atoms with van der Waals surface area (Å²) in [5, 5.41) is 1.91. The minimum absolute atomic E-state index is 0.205. The molecule has 0 saturated carbocycles. The number of carbonyl (C=O) groups excluding carboxylic acids is 3. The van der Waals surface area contributed by atoms with Crippen LogP contribution in [0, 0.1) is 11.2 Å². The molecule has 1 aromatic carbocycles. The number of amides is 4. The number of nitrogens with one attached hydrogen (secondary N) is 1. The SMILES string of the molecule is CCC1(CC)C(=O)NC(=O)N(c2cccc(Cl)c2F)C1=O. The number of benzene rings is 1. The summed E-state index contributed by atoms with van der Waals surface area (Å²) in [6.45, 7) is 3.34. The molecular weight excluding hydrogens is 299 g/mol. The van der Waals surface area contributed by atoms with Gasteiger partial charge < -0.3 is 0 Å². The summed E-state index contributed by atoms with van der Waals surface area (Å²) in [7, 11) is 0. The number of nitrogens with zero attached hydrogens (tertiary/aromatic N) is 1. The van der Waals surface area contributed by atoms with Gasteiger partial charge in [-0.15, -0.1) is 0 Å². The maximum atomic E-state index is 14.1. The second-order valence-corrected chi connectivity index (χ2v) is 5.17. The highest BCUT2D eigenvalue weighted by Gasteiger charge is 2.52.